The number of hydrogen-bond donors (Lipinski definition) is 1. The molecule has 0 bridgehead atoms. The quantitative estimate of drug-likeness (QED) is 0.841. The van der Waals surface area contributed by atoms with Crippen LogP contribution in [0.15, 0.2) is 0 Å². The van der Waals surface area contributed by atoms with Crippen LogP contribution >= 0.6 is 0 Å². The zero-order valence-electron chi connectivity index (χ0n) is 12.9. The predicted molar refractivity (Wildman–Crippen MR) is 77.8 cm³/mol. The molecule has 2 aliphatic heterocycles. The van der Waals surface area contributed by atoms with Gasteiger partial charge in [-0.3, -0.25) is 4.90 Å². The summed E-state index contributed by atoms with van der Waals surface area (Å²) in [5.74, 6) is 0. The molecular weight excluding hydrogens is 254 g/mol. The van der Waals surface area contributed by atoms with Crippen LogP contribution in [0.3, 0.4) is 0 Å². The lowest BCUT2D eigenvalue weighted by Gasteiger charge is -2.49. The fraction of sp³-hybridized carbons (Fsp3) is 1.00. The maximum atomic E-state index is 9.47. The Hall–Kier alpha value is -0.160. The van der Waals surface area contributed by atoms with Crippen LogP contribution in [0.1, 0.15) is 52.4 Å². The summed E-state index contributed by atoms with van der Waals surface area (Å²) in [5.41, 5.74) is 0.00681. The summed E-state index contributed by atoms with van der Waals surface area (Å²) >= 11 is 0. The largest absolute Gasteiger partial charge is 0.394 e. The number of aliphatic hydroxyl groups is 1. The van der Waals surface area contributed by atoms with Crippen molar-refractivity contribution in [1.29, 1.82) is 0 Å². The third-order valence-corrected chi connectivity index (χ3v) is 5.21. The summed E-state index contributed by atoms with van der Waals surface area (Å²) in [5, 5.41) is 9.47. The van der Waals surface area contributed by atoms with Gasteiger partial charge in [0.2, 0.25) is 0 Å². The fourth-order valence-electron chi connectivity index (χ4n) is 4.40. The van der Waals surface area contributed by atoms with Gasteiger partial charge in [-0.1, -0.05) is 12.8 Å². The molecule has 2 saturated heterocycles. The minimum absolute atomic E-state index is 0.0406. The van der Waals surface area contributed by atoms with Crippen LogP contribution in [0.2, 0.25) is 0 Å². The number of morpholine rings is 1. The van der Waals surface area contributed by atoms with E-state index < -0.39 is 0 Å². The molecule has 4 heteroatoms. The van der Waals surface area contributed by atoms with Gasteiger partial charge in [0.15, 0.2) is 0 Å². The smallest absolute Gasteiger partial charge is 0.0940 e. The highest BCUT2D eigenvalue weighted by Gasteiger charge is 2.44. The maximum Gasteiger partial charge on any atom is 0.0940 e. The number of aliphatic hydroxyl groups excluding tert-OH is 1. The van der Waals surface area contributed by atoms with Gasteiger partial charge in [-0.25, -0.2) is 0 Å². The molecule has 2 atom stereocenters. The van der Waals surface area contributed by atoms with Gasteiger partial charge in [0.1, 0.15) is 0 Å². The Labute approximate surface area is 122 Å². The highest BCUT2D eigenvalue weighted by atomic mass is 16.5. The van der Waals surface area contributed by atoms with Gasteiger partial charge in [0, 0.05) is 25.7 Å². The summed E-state index contributed by atoms with van der Waals surface area (Å²) < 4.78 is 12.1. The second-order valence-corrected chi connectivity index (χ2v) is 7.50. The first kappa shape index (κ1) is 14.8. The van der Waals surface area contributed by atoms with E-state index in [1.807, 2.05) is 0 Å². The topological polar surface area (TPSA) is 41.9 Å². The van der Waals surface area contributed by atoms with E-state index >= 15 is 0 Å². The van der Waals surface area contributed by atoms with Crippen molar-refractivity contribution < 1.29 is 14.6 Å². The summed E-state index contributed by atoms with van der Waals surface area (Å²) in [4.78, 5) is 2.55. The number of nitrogens with zero attached hydrogens (tertiary/aromatic N) is 1. The SMILES string of the molecule is CC1(C)CN(C2CCOC3(CCCC3)C2)CC(CO)O1. The fourth-order valence-corrected chi connectivity index (χ4v) is 4.40. The third-order valence-electron chi connectivity index (χ3n) is 5.21. The standard InChI is InChI=1S/C16H29NO3/c1-15(2)12-17(10-14(11-18)20-15)13-5-8-19-16(9-13)6-3-4-7-16/h13-14,18H,3-12H2,1-2H3. The molecule has 2 heterocycles. The molecule has 1 saturated carbocycles. The Bertz CT molecular complexity index is 339. The Morgan fingerprint density at radius 2 is 2.00 bits per heavy atom. The van der Waals surface area contributed by atoms with Gasteiger partial charge in [-0.05, 0) is 39.5 Å². The molecule has 0 aromatic rings. The Balaban J connectivity index is 1.68. The van der Waals surface area contributed by atoms with Gasteiger partial charge in [0.25, 0.3) is 0 Å². The highest BCUT2D eigenvalue weighted by Crippen LogP contribution is 2.41. The van der Waals surface area contributed by atoms with Gasteiger partial charge >= 0.3 is 0 Å². The maximum absolute atomic E-state index is 9.47. The van der Waals surface area contributed by atoms with E-state index in [4.69, 9.17) is 9.47 Å². The second-order valence-electron chi connectivity index (χ2n) is 7.50. The van der Waals surface area contributed by atoms with Crippen molar-refractivity contribution in [3.05, 3.63) is 0 Å². The second kappa shape index (κ2) is 5.56. The average Bonchev–Trinajstić information content (AvgIpc) is 2.85. The molecule has 2 unspecified atom stereocenters. The van der Waals surface area contributed by atoms with Crippen LogP contribution in [-0.2, 0) is 9.47 Å². The molecule has 4 nitrogen and oxygen atoms in total. The van der Waals surface area contributed by atoms with Crippen molar-refractivity contribution >= 4 is 0 Å². The Morgan fingerprint density at radius 3 is 2.70 bits per heavy atom. The van der Waals surface area contributed by atoms with E-state index in [1.54, 1.807) is 0 Å². The molecule has 1 N–H and O–H groups in total. The third kappa shape index (κ3) is 3.03. The summed E-state index contributed by atoms with van der Waals surface area (Å²) in [6.07, 6.45) is 7.36. The molecule has 1 spiro atoms. The van der Waals surface area contributed by atoms with E-state index in [0.29, 0.717) is 6.04 Å². The molecule has 1 aliphatic carbocycles. The van der Waals surface area contributed by atoms with Gasteiger partial charge in [-0.2, -0.15) is 0 Å². The van der Waals surface area contributed by atoms with Crippen LogP contribution in [0.4, 0.5) is 0 Å². The molecule has 0 radical (unpaired) electrons. The van der Waals surface area contributed by atoms with E-state index in [1.165, 1.54) is 32.1 Å². The Morgan fingerprint density at radius 1 is 1.25 bits per heavy atom. The molecule has 116 valence electrons. The molecule has 0 aromatic carbocycles. The van der Waals surface area contributed by atoms with Crippen LogP contribution in [0, 0.1) is 0 Å². The van der Waals surface area contributed by atoms with Crippen molar-refractivity contribution in [3.8, 4) is 0 Å². The first-order chi connectivity index (χ1) is 9.52. The summed E-state index contributed by atoms with van der Waals surface area (Å²) in [6, 6.07) is 0.596. The zero-order valence-corrected chi connectivity index (χ0v) is 12.9. The molecular formula is C16H29NO3. The molecule has 3 fully saturated rings. The van der Waals surface area contributed by atoms with Crippen LogP contribution in [-0.4, -0.2) is 59.7 Å². The minimum atomic E-state index is -0.160. The van der Waals surface area contributed by atoms with E-state index in [2.05, 4.69) is 18.7 Å². The van der Waals surface area contributed by atoms with Gasteiger partial charge in [-0.15, -0.1) is 0 Å². The van der Waals surface area contributed by atoms with Gasteiger partial charge in [0.05, 0.1) is 23.9 Å². The van der Waals surface area contributed by atoms with Crippen LogP contribution in [0.5, 0.6) is 0 Å². The van der Waals surface area contributed by atoms with E-state index in [9.17, 15) is 5.11 Å². The monoisotopic (exact) mass is 283 g/mol. The summed E-state index contributed by atoms with van der Waals surface area (Å²) in [6.45, 7) is 7.10. The van der Waals surface area contributed by atoms with Gasteiger partial charge < -0.3 is 14.6 Å². The average molecular weight is 283 g/mol. The van der Waals surface area contributed by atoms with Crippen molar-refractivity contribution in [2.45, 2.75) is 75.7 Å². The summed E-state index contributed by atoms with van der Waals surface area (Å²) in [7, 11) is 0. The lowest BCUT2D eigenvalue weighted by atomic mass is 9.87. The van der Waals surface area contributed by atoms with E-state index in [-0.39, 0.29) is 23.9 Å². The number of rotatable bonds is 2. The normalized spacial score (nSPS) is 37.4. The van der Waals surface area contributed by atoms with Crippen LogP contribution in [0.25, 0.3) is 0 Å². The molecule has 0 amide bonds. The highest BCUT2D eigenvalue weighted by molar-refractivity contribution is 4.96. The molecule has 20 heavy (non-hydrogen) atoms. The lowest BCUT2D eigenvalue weighted by Crippen LogP contribution is -2.59. The predicted octanol–water partition coefficient (Wildman–Crippen LogP) is 1.95. The van der Waals surface area contributed by atoms with Crippen LogP contribution < -0.4 is 0 Å². The van der Waals surface area contributed by atoms with Crippen molar-refractivity contribution in [2.24, 2.45) is 0 Å². The van der Waals surface area contributed by atoms with Crippen molar-refractivity contribution in [3.63, 3.8) is 0 Å². The number of ether oxygens (including phenoxy) is 2. The van der Waals surface area contributed by atoms with E-state index in [0.717, 1.165) is 26.1 Å². The lowest BCUT2D eigenvalue weighted by molar-refractivity contribution is -0.175. The number of hydrogen-bond acceptors (Lipinski definition) is 4. The molecule has 3 aliphatic rings. The first-order valence-electron chi connectivity index (χ1n) is 8.19. The van der Waals surface area contributed by atoms with Crippen molar-refractivity contribution in [1.82, 2.24) is 4.90 Å². The molecule has 0 aromatic heterocycles. The Kier molecular flexibility index (Phi) is 4.10. The first-order valence-corrected chi connectivity index (χ1v) is 8.19. The minimum Gasteiger partial charge on any atom is -0.394 e. The zero-order chi connectivity index (χ0) is 14.2. The molecule has 3 rings (SSSR count). The van der Waals surface area contributed by atoms with Crippen molar-refractivity contribution in [2.75, 3.05) is 26.3 Å².